The predicted molar refractivity (Wildman–Crippen MR) is 74.9 cm³/mol. The molecule has 19 heavy (non-hydrogen) atoms. The van der Waals surface area contributed by atoms with E-state index >= 15 is 0 Å². The number of hydrogen-bond donors (Lipinski definition) is 3. The number of nitrogens with zero attached hydrogens (tertiary/aromatic N) is 1. The summed E-state index contributed by atoms with van der Waals surface area (Å²) in [5, 5.41) is 8.24. The smallest absolute Gasteiger partial charge is 0.321 e. The summed E-state index contributed by atoms with van der Waals surface area (Å²) in [6.45, 7) is 9.74. The molecule has 0 saturated carbocycles. The average molecular weight is 270 g/mol. The van der Waals surface area contributed by atoms with Crippen molar-refractivity contribution in [3.63, 3.8) is 0 Å². The van der Waals surface area contributed by atoms with Crippen LogP contribution in [0.5, 0.6) is 0 Å². The quantitative estimate of drug-likeness (QED) is 0.616. The van der Waals surface area contributed by atoms with E-state index in [2.05, 4.69) is 34.7 Å². The second kappa shape index (κ2) is 8.12. The molecule has 1 aliphatic heterocycles. The minimum absolute atomic E-state index is 0.240. The van der Waals surface area contributed by atoms with E-state index in [0.29, 0.717) is 18.5 Å². The molecule has 1 aliphatic rings. The van der Waals surface area contributed by atoms with Gasteiger partial charge in [0.05, 0.1) is 6.54 Å². The van der Waals surface area contributed by atoms with Gasteiger partial charge in [0.25, 0.3) is 0 Å². The zero-order chi connectivity index (χ0) is 14.3. The number of imide groups is 1. The van der Waals surface area contributed by atoms with E-state index in [1.165, 1.54) is 0 Å². The number of rotatable bonds is 7. The van der Waals surface area contributed by atoms with Crippen LogP contribution in [-0.2, 0) is 4.79 Å². The molecular formula is C13H26N4O2. The Hall–Kier alpha value is -1.14. The molecule has 1 saturated heterocycles. The molecule has 0 unspecified atom stereocenters. The zero-order valence-electron chi connectivity index (χ0n) is 12.2. The van der Waals surface area contributed by atoms with Crippen molar-refractivity contribution in [1.29, 1.82) is 0 Å². The molecule has 3 N–H and O–H groups in total. The van der Waals surface area contributed by atoms with E-state index in [-0.39, 0.29) is 12.5 Å². The van der Waals surface area contributed by atoms with Gasteiger partial charge in [-0.25, -0.2) is 4.79 Å². The van der Waals surface area contributed by atoms with E-state index in [4.69, 9.17) is 0 Å². The fourth-order valence-electron chi connectivity index (χ4n) is 1.90. The highest BCUT2D eigenvalue weighted by molar-refractivity contribution is 5.95. The molecule has 1 heterocycles. The summed E-state index contributed by atoms with van der Waals surface area (Å²) >= 11 is 0. The third kappa shape index (κ3) is 6.02. The van der Waals surface area contributed by atoms with Crippen LogP contribution in [0.1, 0.15) is 27.2 Å². The van der Waals surface area contributed by atoms with Gasteiger partial charge in [-0.1, -0.05) is 20.8 Å². The van der Waals surface area contributed by atoms with Crippen molar-refractivity contribution in [2.24, 2.45) is 5.92 Å². The summed E-state index contributed by atoms with van der Waals surface area (Å²) < 4.78 is 0. The minimum atomic E-state index is -0.395. The van der Waals surface area contributed by atoms with E-state index in [1.54, 1.807) is 0 Å². The highest BCUT2D eigenvalue weighted by atomic mass is 16.2. The number of likely N-dealkylation sites (N-methyl/N-ethyl adjacent to an activating group) is 1. The number of carbonyl (C=O) groups excluding carboxylic acids is 2. The van der Waals surface area contributed by atoms with Crippen molar-refractivity contribution in [3.8, 4) is 0 Å². The fourth-order valence-corrected chi connectivity index (χ4v) is 1.90. The summed E-state index contributed by atoms with van der Waals surface area (Å²) in [5.74, 6) is 0.300. The molecule has 0 aliphatic carbocycles. The highest BCUT2D eigenvalue weighted by Gasteiger charge is 2.25. The van der Waals surface area contributed by atoms with Crippen LogP contribution in [0.25, 0.3) is 0 Å². The van der Waals surface area contributed by atoms with Crippen molar-refractivity contribution < 1.29 is 9.59 Å². The van der Waals surface area contributed by atoms with Crippen LogP contribution in [0.4, 0.5) is 4.79 Å². The Morgan fingerprint density at radius 3 is 2.53 bits per heavy atom. The van der Waals surface area contributed by atoms with Crippen LogP contribution in [-0.4, -0.2) is 55.6 Å². The fraction of sp³-hybridized carbons (Fsp3) is 0.846. The number of urea groups is 1. The number of hydrogen-bond acceptors (Lipinski definition) is 4. The third-order valence-corrected chi connectivity index (χ3v) is 3.29. The maximum absolute atomic E-state index is 11.7. The first-order valence-electron chi connectivity index (χ1n) is 7.05. The van der Waals surface area contributed by atoms with Crippen molar-refractivity contribution in [2.45, 2.75) is 33.2 Å². The van der Waals surface area contributed by atoms with Gasteiger partial charge in [-0.05, 0) is 18.9 Å². The second-order valence-corrected chi connectivity index (χ2v) is 5.36. The van der Waals surface area contributed by atoms with Crippen LogP contribution in [0.3, 0.4) is 0 Å². The summed E-state index contributed by atoms with van der Waals surface area (Å²) in [4.78, 5) is 25.3. The first-order chi connectivity index (χ1) is 9.02. The molecule has 0 spiro atoms. The first-order valence-corrected chi connectivity index (χ1v) is 7.05. The molecule has 6 heteroatoms. The van der Waals surface area contributed by atoms with Gasteiger partial charge in [-0.2, -0.15) is 0 Å². The normalized spacial score (nSPS) is 15.4. The van der Waals surface area contributed by atoms with Gasteiger partial charge >= 0.3 is 6.03 Å². The Kier molecular flexibility index (Phi) is 6.80. The predicted octanol–water partition coefficient (Wildman–Crippen LogP) is 0.152. The lowest BCUT2D eigenvalue weighted by Crippen LogP contribution is -2.59. The SMILES string of the molecule is CCN(CC(=O)NC(=O)NCCC(C)C)C1CNC1. The summed E-state index contributed by atoms with van der Waals surface area (Å²) in [5.41, 5.74) is 0. The Labute approximate surface area is 115 Å². The minimum Gasteiger partial charge on any atom is -0.338 e. The van der Waals surface area contributed by atoms with E-state index in [0.717, 1.165) is 26.1 Å². The van der Waals surface area contributed by atoms with E-state index < -0.39 is 6.03 Å². The number of carbonyl (C=O) groups is 2. The van der Waals surface area contributed by atoms with Gasteiger partial charge in [0.2, 0.25) is 5.91 Å². The van der Waals surface area contributed by atoms with Gasteiger partial charge in [-0.15, -0.1) is 0 Å². The molecule has 1 fully saturated rings. The van der Waals surface area contributed by atoms with Crippen LogP contribution >= 0.6 is 0 Å². The summed E-state index contributed by atoms with van der Waals surface area (Å²) in [6.07, 6.45) is 0.913. The van der Waals surface area contributed by atoms with Gasteiger partial charge in [0.1, 0.15) is 0 Å². The molecule has 3 amide bonds. The van der Waals surface area contributed by atoms with Crippen molar-refractivity contribution in [1.82, 2.24) is 20.9 Å². The lowest BCUT2D eigenvalue weighted by atomic mass is 10.1. The molecule has 0 atom stereocenters. The summed E-state index contributed by atoms with van der Waals surface area (Å²) in [7, 11) is 0. The Balaban J connectivity index is 2.19. The molecule has 0 bridgehead atoms. The average Bonchev–Trinajstić information content (AvgIpc) is 2.24. The summed E-state index contributed by atoms with van der Waals surface area (Å²) in [6, 6.07) is 0.0215. The second-order valence-electron chi connectivity index (χ2n) is 5.36. The monoisotopic (exact) mass is 270 g/mol. The third-order valence-electron chi connectivity index (χ3n) is 3.29. The lowest BCUT2D eigenvalue weighted by molar-refractivity contribution is -0.121. The molecule has 0 aromatic carbocycles. The van der Waals surface area contributed by atoms with Crippen LogP contribution in [0, 0.1) is 5.92 Å². The molecule has 6 nitrogen and oxygen atoms in total. The van der Waals surface area contributed by atoms with Crippen LogP contribution < -0.4 is 16.0 Å². The number of nitrogens with one attached hydrogen (secondary N) is 3. The largest absolute Gasteiger partial charge is 0.338 e. The molecule has 1 rings (SSSR count). The molecular weight excluding hydrogens is 244 g/mol. The van der Waals surface area contributed by atoms with Gasteiger partial charge in [0, 0.05) is 25.7 Å². The molecule has 0 aromatic heterocycles. The zero-order valence-corrected chi connectivity index (χ0v) is 12.2. The van der Waals surface area contributed by atoms with E-state index in [1.807, 2.05) is 6.92 Å². The van der Waals surface area contributed by atoms with E-state index in [9.17, 15) is 9.59 Å². The van der Waals surface area contributed by atoms with Crippen molar-refractivity contribution in [2.75, 3.05) is 32.7 Å². The van der Waals surface area contributed by atoms with Gasteiger partial charge in [0.15, 0.2) is 0 Å². The molecule has 0 radical (unpaired) electrons. The van der Waals surface area contributed by atoms with Crippen LogP contribution in [0.15, 0.2) is 0 Å². The topological polar surface area (TPSA) is 73.5 Å². The molecule has 110 valence electrons. The Morgan fingerprint density at radius 2 is 2.05 bits per heavy atom. The highest BCUT2D eigenvalue weighted by Crippen LogP contribution is 2.03. The van der Waals surface area contributed by atoms with Crippen molar-refractivity contribution >= 4 is 11.9 Å². The standard InChI is InChI=1S/C13H26N4O2/c1-4-17(11-7-14-8-11)9-12(18)16-13(19)15-6-5-10(2)3/h10-11,14H,4-9H2,1-3H3,(H2,15,16,18,19). The van der Waals surface area contributed by atoms with Gasteiger partial charge < -0.3 is 10.6 Å². The number of amides is 3. The maximum atomic E-state index is 11.7. The Morgan fingerprint density at radius 1 is 1.37 bits per heavy atom. The van der Waals surface area contributed by atoms with Crippen molar-refractivity contribution in [3.05, 3.63) is 0 Å². The van der Waals surface area contributed by atoms with Gasteiger partial charge in [-0.3, -0.25) is 15.0 Å². The molecule has 0 aromatic rings. The maximum Gasteiger partial charge on any atom is 0.321 e. The Bertz CT molecular complexity index is 303. The van der Waals surface area contributed by atoms with Crippen LogP contribution in [0.2, 0.25) is 0 Å². The first kappa shape index (κ1) is 15.9. The lowest BCUT2D eigenvalue weighted by Gasteiger charge is -2.37.